The second-order valence-corrected chi connectivity index (χ2v) is 5.98. The fraction of sp³-hybridized carbons (Fsp3) is 0.429. The predicted molar refractivity (Wildman–Crippen MR) is 80.0 cm³/mol. The molecule has 2 unspecified atom stereocenters. The molecule has 1 aromatic rings. The number of halogens is 1. The molecular formula is C14H17BrN2O4. The van der Waals surface area contributed by atoms with Crippen LogP contribution in [0, 0.1) is 0 Å². The van der Waals surface area contributed by atoms with E-state index in [0.717, 1.165) is 10.0 Å². The smallest absolute Gasteiger partial charge is 0.332 e. The van der Waals surface area contributed by atoms with Gasteiger partial charge in [0.2, 0.25) is 0 Å². The van der Waals surface area contributed by atoms with Gasteiger partial charge >= 0.3 is 12.0 Å². The molecule has 1 aliphatic heterocycles. The van der Waals surface area contributed by atoms with Crippen molar-refractivity contribution in [1.29, 1.82) is 0 Å². The van der Waals surface area contributed by atoms with Crippen LogP contribution in [-0.2, 0) is 9.53 Å². The van der Waals surface area contributed by atoms with E-state index in [4.69, 9.17) is 4.74 Å². The van der Waals surface area contributed by atoms with Gasteiger partial charge in [0.05, 0.1) is 12.6 Å². The van der Waals surface area contributed by atoms with Crippen molar-refractivity contribution in [2.45, 2.75) is 24.9 Å². The van der Waals surface area contributed by atoms with Crippen LogP contribution in [0.5, 0.6) is 0 Å². The lowest BCUT2D eigenvalue weighted by Gasteiger charge is -2.25. The molecule has 6 nitrogen and oxygen atoms in total. The van der Waals surface area contributed by atoms with Gasteiger partial charge in [-0.3, -0.25) is 0 Å². The van der Waals surface area contributed by atoms with Crippen molar-refractivity contribution in [1.82, 2.24) is 10.6 Å². The molecule has 0 radical (unpaired) electrons. The zero-order valence-electron chi connectivity index (χ0n) is 11.6. The van der Waals surface area contributed by atoms with Gasteiger partial charge in [0, 0.05) is 17.5 Å². The number of nitrogens with one attached hydrogen (secondary N) is 2. The maximum Gasteiger partial charge on any atom is 0.332 e. The fourth-order valence-electron chi connectivity index (χ4n) is 2.17. The van der Waals surface area contributed by atoms with Gasteiger partial charge in [-0.1, -0.05) is 28.1 Å². The highest BCUT2D eigenvalue weighted by Gasteiger charge is 2.44. The summed E-state index contributed by atoms with van der Waals surface area (Å²) in [5, 5.41) is 14.5. The number of carboxylic acid groups (broad SMARTS) is 1. The van der Waals surface area contributed by atoms with E-state index in [1.165, 1.54) is 0 Å². The van der Waals surface area contributed by atoms with Crippen LogP contribution in [0.15, 0.2) is 28.7 Å². The second-order valence-electron chi connectivity index (χ2n) is 5.06. The number of carbonyl (C=O) groups is 2. The molecule has 21 heavy (non-hydrogen) atoms. The molecule has 1 saturated heterocycles. The minimum atomic E-state index is -1.33. The number of urea groups is 1. The van der Waals surface area contributed by atoms with Crippen molar-refractivity contribution in [3.63, 3.8) is 0 Å². The maximum absolute atomic E-state index is 12.0. The molecule has 114 valence electrons. The first-order valence-corrected chi connectivity index (χ1v) is 7.37. The first-order valence-electron chi connectivity index (χ1n) is 6.58. The summed E-state index contributed by atoms with van der Waals surface area (Å²) in [7, 11) is 0. The van der Waals surface area contributed by atoms with Gasteiger partial charge in [0.15, 0.2) is 5.54 Å². The molecule has 2 atom stereocenters. The van der Waals surface area contributed by atoms with Crippen molar-refractivity contribution in [3.8, 4) is 0 Å². The van der Waals surface area contributed by atoms with Crippen molar-refractivity contribution in [2.24, 2.45) is 0 Å². The van der Waals surface area contributed by atoms with Gasteiger partial charge in [0.1, 0.15) is 0 Å². The van der Waals surface area contributed by atoms with Crippen molar-refractivity contribution >= 4 is 27.9 Å². The Labute approximate surface area is 131 Å². The van der Waals surface area contributed by atoms with Crippen LogP contribution in [0.3, 0.4) is 0 Å². The van der Waals surface area contributed by atoms with E-state index in [0.29, 0.717) is 6.61 Å². The Morgan fingerprint density at radius 1 is 1.38 bits per heavy atom. The Bertz CT molecular complexity index is 526. The van der Waals surface area contributed by atoms with E-state index in [2.05, 4.69) is 26.6 Å². The highest BCUT2D eigenvalue weighted by Crippen LogP contribution is 2.20. The highest BCUT2D eigenvalue weighted by atomic mass is 79.9. The molecule has 1 fully saturated rings. The predicted octanol–water partition coefficient (Wildman–Crippen LogP) is 2.05. The number of ether oxygens (including phenoxy) is 1. The molecule has 1 aliphatic rings. The topological polar surface area (TPSA) is 87.7 Å². The molecule has 0 bridgehead atoms. The highest BCUT2D eigenvalue weighted by molar-refractivity contribution is 9.10. The summed E-state index contributed by atoms with van der Waals surface area (Å²) < 4.78 is 6.05. The Hall–Kier alpha value is -1.60. The van der Waals surface area contributed by atoms with E-state index >= 15 is 0 Å². The van der Waals surface area contributed by atoms with Gasteiger partial charge in [-0.25, -0.2) is 9.59 Å². The molecule has 3 N–H and O–H groups in total. The maximum atomic E-state index is 12.0. The average molecular weight is 357 g/mol. The van der Waals surface area contributed by atoms with Crippen LogP contribution in [0.25, 0.3) is 0 Å². The fourth-order valence-corrected chi connectivity index (χ4v) is 2.43. The van der Waals surface area contributed by atoms with Crippen molar-refractivity contribution < 1.29 is 19.4 Å². The molecule has 2 rings (SSSR count). The van der Waals surface area contributed by atoms with E-state index in [1.54, 1.807) is 0 Å². The molecule has 0 spiro atoms. The van der Waals surface area contributed by atoms with Gasteiger partial charge in [-0.05, 0) is 24.6 Å². The summed E-state index contributed by atoms with van der Waals surface area (Å²) in [5.74, 6) is -1.08. The number of benzene rings is 1. The molecule has 2 amide bonds. The van der Waals surface area contributed by atoms with Gasteiger partial charge in [0.25, 0.3) is 0 Å². The van der Waals surface area contributed by atoms with Gasteiger partial charge < -0.3 is 20.5 Å². The van der Waals surface area contributed by atoms with Crippen LogP contribution in [0.4, 0.5) is 4.79 Å². The quantitative estimate of drug-likeness (QED) is 0.770. The third kappa shape index (κ3) is 3.74. The van der Waals surface area contributed by atoms with Crippen LogP contribution in [0.1, 0.15) is 24.9 Å². The first kappa shape index (κ1) is 15.8. The second kappa shape index (κ2) is 6.44. The Kier molecular flexibility index (Phi) is 4.84. The third-order valence-corrected chi connectivity index (χ3v) is 4.03. The number of hydrogen-bond donors (Lipinski definition) is 3. The molecule has 0 aliphatic carbocycles. The van der Waals surface area contributed by atoms with Crippen LogP contribution in [-0.4, -0.2) is 35.9 Å². The third-order valence-electron chi connectivity index (χ3n) is 3.50. The average Bonchev–Trinajstić information content (AvgIpc) is 2.89. The summed E-state index contributed by atoms with van der Waals surface area (Å²) in [6.45, 7) is 2.15. The molecular weight excluding hydrogens is 340 g/mol. The summed E-state index contributed by atoms with van der Waals surface area (Å²) in [5.41, 5.74) is -0.399. The standard InChI is InChI=1S/C14H17BrN2O4/c1-9(10-2-4-11(15)5-3-10)16-13(20)17-14(12(18)19)6-7-21-8-14/h2-5,9H,6-8H2,1H3,(H,18,19)(H2,16,17,20). The normalized spacial score (nSPS) is 22.6. The van der Waals surface area contributed by atoms with Crippen LogP contribution < -0.4 is 10.6 Å². The van der Waals surface area contributed by atoms with E-state index in [9.17, 15) is 14.7 Å². The molecule has 1 aromatic carbocycles. The van der Waals surface area contributed by atoms with Crippen LogP contribution >= 0.6 is 15.9 Å². The lowest BCUT2D eigenvalue weighted by atomic mass is 9.99. The van der Waals surface area contributed by atoms with E-state index in [-0.39, 0.29) is 19.1 Å². The molecule has 1 heterocycles. The Morgan fingerprint density at radius 3 is 2.57 bits per heavy atom. The first-order chi connectivity index (χ1) is 9.93. The zero-order chi connectivity index (χ0) is 15.5. The Morgan fingerprint density at radius 2 is 2.05 bits per heavy atom. The summed E-state index contributed by atoms with van der Waals surface area (Å²) in [6.07, 6.45) is 0.266. The largest absolute Gasteiger partial charge is 0.479 e. The molecule has 7 heteroatoms. The number of rotatable bonds is 4. The minimum Gasteiger partial charge on any atom is -0.479 e. The number of hydrogen-bond acceptors (Lipinski definition) is 3. The number of amides is 2. The van der Waals surface area contributed by atoms with E-state index < -0.39 is 17.5 Å². The van der Waals surface area contributed by atoms with Crippen molar-refractivity contribution in [2.75, 3.05) is 13.2 Å². The molecule has 0 saturated carbocycles. The SMILES string of the molecule is CC(NC(=O)NC1(C(=O)O)CCOC1)c1ccc(Br)cc1. The van der Waals surface area contributed by atoms with Crippen LogP contribution in [0.2, 0.25) is 0 Å². The monoisotopic (exact) mass is 356 g/mol. The number of aliphatic carboxylic acids is 1. The number of carboxylic acids is 1. The lowest BCUT2D eigenvalue weighted by molar-refractivity contribution is -0.144. The lowest BCUT2D eigenvalue weighted by Crippen LogP contribution is -2.57. The number of carbonyl (C=O) groups excluding carboxylic acids is 1. The van der Waals surface area contributed by atoms with Gasteiger partial charge in [-0.15, -0.1) is 0 Å². The molecule has 0 aromatic heterocycles. The summed E-state index contributed by atoms with van der Waals surface area (Å²) >= 11 is 3.35. The van der Waals surface area contributed by atoms with E-state index in [1.807, 2.05) is 31.2 Å². The Balaban J connectivity index is 1.97. The van der Waals surface area contributed by atoms with Gasteiger partial charge in [-0.2, -0.15) is 0 Å². The summed E-state index contributed by atoms with van der Waals surface area (Å²) in [4.78, 5) is 23.3. The minimum absolute atomic E-state index is 0.0115. The van der Waals surface area contributed by atoms with Crippen molar-refractivity contribution in [3.05, 3.63) is 34.3 Å². The summed E-state index contributed by atoms with van der Waals surface area (Å²) in [6, 6.07) is 6.80. The zero-order valence-corrected chi connectivity index (χ0v) is 13.1.